The van der Waals surface area contributed by atoms with Crippen molar-refractivity contribution < 1.29 is 9.15 Å². The third kappa shape index (κ3) is 3.44. The second-order valence-electron chi connectivity index (χ2n) is 3.87. The van der Waals surface area contributed by atoms with Gasteiger partial charge in [0.25, 0.3) is 0 Å². The lowest BCUT2D eigenvalue weighted by Crippen LogP contribution is -2.08. The molecule has 0 spiro atoms. The van der Waals surface area contributed by atoms with Gasteiger partial charge >= 0.3 is 0 Å². The predicted octanol–water partition coefficient (Wildman–Crippen LogP) is 2.72. The van der Waals surface area contributed by atoms with Gasteiger partial charge in [-0.15, -0.1) is 0 Å². The molecule has 2 aromatic rings. The Morgan fingerprint density at radius 3 is 2.59 bits per heavy atom. The minimum Gasteiger partial charge on any atom is -0.467 e. The van der Waals surface area contributed by atoms with Crippen molar-refractivity contribution in [2.24, 2.45) is 0 Å². The van der Waals surface area contributed by atoms with E-state index in [1.165, 1.54) is 11.1 Å². The molecule has 17 heavy (non-hydrogen) atoms. The summed E-state index contributed by atoms with van der Waals surface area (Å²) in [6.07, 6.45) is 1.66. The number of benzene rings is 1. The van der Waals surface area contributed by atoms with Crippen LogP contribution in [0.15, 0.2) is 47.1 Å². The van der Waals surface area contributed by atoms with E-state index in [1.807, 2.05) is 31.3 Å². The molecule has 0 radical (unpaired) electrons. The maximum atomic E-state index is 5.63. The van der Waals surface area contributed by atoms with Crippen molar-refractivity contribution in [2.45, 2.75) is 19.8 Å². The lowest BCUT2D eigenvalue weighted by atomic mass is 10.1. The zero-order valence-corrected chi connectivity index (χ0v) is 9.98. The third-order valence-electron chi connectivity index (χ3n) is 2.57. The van der Waals surface area contributed by atoms with E-state index in [9.17, 15) is 0 Å². The Morgan fingerprint density at radius 2 is 1.88 bits per heavy atom. The Kier molecular flexibility index (Phi) is 4.36. The van der Waals surface area contributed by atoms with Gasteiger partial charge in [0, 0.05) is 6.54 Å². The average molecular weight is 231 g/mol. The van der Waals surface area contributed by atoms with Crippen molar-refractivity contribution in [1.29, 1.82) is 0 Å². The SMILES string of the molecule is CNCc1ccccc1COCc1ccco1. The summed E-state index contributed by atoms with van der Waals surface area (Å²) in [6, 6.07) is 12.1. The van der Waals surface area contributed by atoms with Crippen molar-refractivity contribution in [3.8, 4) is 0 Å². The minimum atomic E-state index is 0.515. The molecule has 1 N–H and O–H groups in total. The molecule has 3 heteroatoms. The standard InChI is InChI=1S/C14H17NO2/c1-15-9-12-5-2-3-6-13(12)10-16-11-14-7-4-8-17-14/h2-8,15H,9-11H2,1H3. The number of furan rings is 1. The lowest BCUT2D eigenvalue weighted by molar-refractivity contribution is 0.0924. The van der Waals surface area contributed by atoms with Gasteiger partial charge in [-0.3, -0.25) is 0 Å². The molecule has 0 saturated heterocycles. The van der Waals surface area contributed by atoms with Crippen molar-refractivity contribution in [3.05, 3.63) is 59.5 Å². The number of rotatable bonds is 6. The first-order chi connectivity index (χ1) is 8.40. The van der Waals surface area contributed by atoms with Gasteiger partial charge in [0.1, 0.15) is 12.4 Å². The molecule has 0 aliphatic rings. The summed E-state index contributed by atoms with van der Waals surface area (Å²) in [5.41, 5.74) is 2.49. The largest absolute Gasteiger partial charge is 0.467 e. The van der Waals surface area contributed by atoms with Crippen LogP contribution in [-0.4, -0.2) is 7.05 Å². The smallest absolute Gasteiger partial charge is 0.129 e. The van der Waals surface area contributed by atoms with E-state index in [0.29, 0.717) is 13.2 Å². The van der Waals surface area contributed by atoms with Crippen molar-refractivity contribution in [3.63, 3.8) is 0 Å². The summed E-state index contributed by atoms with van der Waals surface area (Å²) >= 11 is 0. The van der Waals surface area contributed by atoms with Gasteiger partial charge in [0.05, 0.1) is 12.9 Å². The quantitative estimate of drug-likeness (QED) is 0.830. The highest BCUT2D eigenvalue weighted by Gasteiger charge is 2.02. The molecule has 0 fully saturated rings. The lowest BCUT2D eigenvalue weighted by Gasteiger charge is -2.09. The normalized spacial score (nSPS) is 10.6. The van der Waals surface area contributed by atoms with Crippen LogP contribution in [0.2, 0.25) is 0 Å². The molecular formula is C14H17NO2. The summed E-state index contributed by atoms with van der Waals surface area (Å²) in [5.74, 6) is 0.857. The number of ether oxygens (including phenoxy) is 1. The monoisotopic (exact) mass is 231 g/mol. The second kappa shape index (κ2) is 6.23. The van der Waals surface area contributed by atoms with Gasteiger partial charge < -0.3 is 14.5 Å². The van der Waals surface area contributed by atoms with E-state index in [-0.39, 0.29) is 0 Å². The molecule has 2 rings (SSSR count). The molecule has 90 valence electrons. The summed E-state index contributed by atoms with van der Waals surface area (Å²) in [6.45, 7) is 1.99. The number of nitrogens with one attached hydrogen (secondary N) is 1. The van der Waals surface area contributed by atoms with Crippen LogP contribution < -0.4 is 5.32 Å². The first-order valence-corrected chi connectivity index (χ1v) is 5.71. The first-order valence-electron chi connectivity index (χ1n) is 5.71. The van der Waals surface area contributed by atoms with Gasteiger partial charge in [0.15, 0.2) is 0 Å². The van der Waals surface area contributed by atoms with Crippen molar-refractivity contribution >= 4 is 0 Å². The number of hydrogen-bond donors (Lipinski definition) is 1. The van der Waals surface area contributed by atoms with Gasteiger partial charge in [-0.2, -0.15) is 0 Å². The number of hydrogen-bond acceptors (Lipinski definition) is 3. The highest BCUT2D eigenvalue weighted by molar-refractivity contribution is 5.26. The Hall–Kier alpha value is -1.58. The Morgan fingerprint density at radius 1 is 1.06 bits per heavy atom. The first kappa shape index (κ1) is 11.9. The van der Waals surface area contributed by atoms with Gasteiger partial charge in [-0.1, -0.05) is 24.3 Å². The van der Waals surface area contributed by atoms with E-state index in [2.05, 4.69) is 17.4 Å². The highest BCUT2D eigenvalue weighted by atomic mass is 16.5. The Balaban J connectivity index is 1.89. The van der Waals surface area contributed by atoms with Gasteiger partial charge in [-0.25, -0.2) is 0 Å². The topological polar surface area (TPSA) is 34.4 Å². The van der Waals surface area contributed by atoms with Crippen LogP contribution in [-0.2, 0) is 24.5 Å². The van der Waals surface area contributed by atoms with Crippen LogP contribution in [0.3, 0.4) is 0 Å². The van der Waals surface area contributed by atoms with Crippen LogP contribution in [0.4, 0.5) is 0 Å². The molecule has 0 unspecified atom stereocenters. The zero-order valence-electron chi connectivity index (χ0n) is 9.98. The molecule has 1 aromatic heterocycles. The van der Waals surface area contributed by atoms with E-state index in [0.717, 1.165) is 12.3 Å². The van der Waals surface area contributed by atoms with Crippen molar-refractivity contribution in [1.82, 2.24) is 5.32 Å². The van der Waals surface area contributed by atoms with Crippen LogP contribution in [0, 0.1) is 0 Å². The summed E-state index contributed by atoms with van der Waals surface area (Å²) in [7, 11) is 1.94. The fraction of sp³-hybridized carbons (Fsp3) is 0.286. The van der Waals surface area contributed by atoms with E-state index in [1.54, 1.807) is 6.26 Å². The predicted molar refractivity (Wildman–Crippen MR) is 66.4 cm³/mol. The summed E-state index contributed by atoms with van der Waals surface area (Å²) < 4.78 is 10.8. The van der Waals surface area contributed by atoms with Crippen LogP contribution in [0.25, 0.3) is 0 Å². The van der Waals surface area contributed by atoms with Crippen molar-refractivity contribution in [2.75, 3.05) is 7.05 Å². The Bertz CT molecular complexity index is 437. The van der Waals surface area contributed by atoms with Gasteiger partial charge in [-0.05, 0) is 30.3 Å². The highest BCUT2D eigenvalue weighted by Crippen LogP contribution is 2.11. The molecule has 0 atom stereocenters. The molecule has 3 nitrogen and oxygen atoms in total. The maximum Gasteiger partial charge on any atom is 0.129 e. The molecule has 1 aromatic carbocycles. The van der Waals surface area contributed by atoms with Crippen LogP contribution in [0.1, 0.15) is 16.9 Å². The van der Waals surface area contributed by atoms with E-state index < -0.39 is 0 Å². The second-order valence-corrected chi connectivity index (χ2v) is 3.87. The summed E-state index contributed by atoms with van der Waals surface area (Å²) in [4.78, 5) is 0. The van der Waals surface area contributed by atoms with Crippen LogP contribution >= 0.6 is 0 Å². The molecule has 0 amide bonds. The minimum absolute atomic E-state index is 0.515. The fourth-order valence-corrected chi connectivity index (χ4v) is 1.72. The fourth-order valence-electron chi connectivity index (χ4n) is 1.72. The molecule has 0 bridgehead atoms. The van der Waals surface area contributed by atoms with Gasteiger partial charge in [0.2, 0.25) is 0 Å². The third-order valence-corrected chi connectivity index (χ3v) is 2.57. The molecule has 0 aliphatic heterocycles. The molecule has 1 heterocycles. The van der Waals surface area contributed by atoms with E-state index >= 15 is 0 Å². The molecule has 0 saturated carbocycles. The zero-order chi connectivity index (χ0) is 11.9. The maximum absolute atomic E-state index is 5.63. The van der Waals surface area contributed by atoms with E-state index in [4.69, 9.17) is 9.15 Å². The summed E-state index contributed by atoms with van der Waals surface area (Å²) in [5, 5.41) is 3.15. The average Bonchev–Trinajstić information content (AvgIpc) is 2.85. The Labute approximate surface area is 101 Å². The van der Waals surface area contributed by atoms with Crippen LogP contribution in [0.5, 0.6) is 0 Å². The molecular weight excluding hydrogens is 214 g/mol. The molecule has 0 aliphatic carbocycles.